The molecule has 0 saturated carbocycles. The van der Waals surface area contributed by atoms with Crippen molar-refractivity contribution in [2.45, 2.75) is 50.6 Å². The highest BCUT2D eigenvalue weighted by Crippen LogP contribution is 2.33. The topological polar surface area (TPSA) is 52.7 Å². The molecule has 0 unspecified atom stereocenters. The molecule has 42 heavy (non-hydrogen) atoms. The SMILES string of the molecule is O=C(Nc1ccc2c(c1)CCN(C1CCN(C(=O)CC(F)(F)F)CC1)C2)c1ccccc1-c1ccc(C(F)(F)F)cc1. The molecule has 0 atom stereocenters. The molecular formula is C31H29F6N3O2. The number of alkyl halides is 6. The standard InChI is InChI=1S/C31H29F6N3O2/c32-30(33,34)18-28(41)39-15-12-25(13-16-39)40-14-11-21-17-24(10-7-22(21)19-40)38-29(42)27-4-2-1-3-26(27)20-5-8-23(9-6-20)31(35,36)37/h1-10,17,25H,11-16,18-19H2,(H,38,42). The Hall–Kier alpha value is -3.86. The molecule has 1 saturated heterocycles. The van der Waals surface area contributed by atoms with Crippen LogP contribution in [0.3, 0.4) is 0 Å². The zero-order valence-corrected chi connectivity index (χ0v) is 22.6. The predicted molar refractivity (Wildman–Crippen MR) is 146 cm³/mol. The first-order valence-electron chi connectivity index (χ1n) is 13.7. The number of carbonyl (C=O) groups is 2. The van der Waals surface area contributed by atoms with E-state index in [1.165, 1.54) is 17.0 Å². The number of carbonyl (C=O) groups excluding carboxylic acids is 2. The second kappa shape index (κ2) is 11.8. The summed E-state index contributed by atoms with van der Waals surface area (Å²) in [5.74, 6) is -1.25. The van der Waals surface area contributed by atoms with Crippen LogP contribution in [0.2, 0.25) is 0 Å². The Morgan fingerprint density at radius 3 is 2.19 bits per heavy atom. The molecule has 0 spiro atoms. The van der Waals surface area contributed by atoms with Gasteiger partial charge >= 0.3 is 12.4 Å². The van der Waals surface area contributed by atoms with Crippen molar-refractivity contribution in [3.8, 4) is 11.1 Å². The monoisotopic (exact) mass is 589 g/mol. The Morgan fingerprint density at radius 1 is 0.833 bits per heavy atom. The van der Waals surface area contributed by atoms with Crippen LogP contribution in [0.1, 0.15) is 46.3 Å². The van der Waals surface area contributed by atoms with Crippen LogP contribution in [0.25, 0.3) is 11.1 Å². The first-order chi connectivity index (χ1) is 19.9. The Bertz CT molecular complexity index is 1440. The molecular weight excluding hydrogens is 560 g/mol. The number of nitrogens with one attached hydrogen (secondary N) is 1. The fraction of sp³-hybridized carbons (Fsp3) is 0.355. The van der Waals surface area contributed by atoms with Crippen LogP contribution < -0.4 is 5.32 Å². The summed E-state index contributed by atoms with van der Waals surface area (Å²) in [4.78, 5) is 28.7. The van der Waals surface area contributed by atoms with Crippen molar-refractivity contribution < 1.29 is 35.9 Å². The first-order valence-corrected chi connectivity index (χ1v) is 13.7. The molecule has 3 aromatic carbocycles. The zero-order chi connectivity index (χ0) is 30.1. The number of piperidine rings is 1. The van der Waals surface area contributed by atoms with E-state index in [2.05, 4.69) is 10.2 Å². The van der Waals surface area contributed by atoms with E-state index in [1.54, 1.807) is 30.3 Å². The number of halogens is 6. The summed E-state index contributed by atoms with van der Waals surface area (Å²) in [6.07, 6.45) is -8.41. The van der Waals surface area contributed by atoms with Gasteiger partial charge in [0, 0.05) is 43.5 Å². The van der Waals surface area contributed by atoms with Gasteiger partial charge in [0.05, 0.1) is 5.56 Å². The maximum Gasteiger partial charge on any atom is 0.416 e. The van der Waals surface area contributed by atoms with Crippen LogP contribution >= 0.6 is 0 Å². The Kier molecular flexibility index (Phi) is 8.32. The van der Waals surface area contributed by atoms with Crippen LogP contribution in [0.5, 0.6) is 0 Å². The number of benzene rings is 3. The highest BCUT2D eigenvalue weighted by Gasteiger charge is 2.36. The van der Waals surface area contributed by atoms with Crippen molar-refractivity contribution in [1.82, 2.24) is 9.80 Å². The summed E-state index contributed by atoms with van der Waals surface area (Å²) < 4.78 is 76.7. The number of likely N-dealkylation sites (tertiary alicyclic amines) is 1. The lowest BCUT2D eigenvalue weighted by Crippen LogP contribution is -2.48. The lowest BCUT2D eigenvalue weighted by atomic mass is 9.94. The Balaban J connectivity index is 1.21. The van der Waals surface area contributed by atoms with Crippen molar-refractivity contribution in [2.24, 2.45) is 0 Å². The molecule has 1 fully saturated rings. The zero-order valence-electron chi connectivity index (χ0n) is 22.6. The third-order valence-corrected chi connectivity index (χ3v) is 7.89. The van der Waals surface area contributed by atoms with Gasteiger partial charge in [-0.25, -0.2) is 0 Å². The lowest BCUT2D eigenvalue weighted by molar-refractivity contribution is -0.162. The minimum absolute atomic E-state index is 0.175. The van der Waals surface area contributed by atoms with Crippen molar-refractivity contribution in [2.75, 3.05) is 25.0 Å². The molecule has 2 heterocycles. The first kappa shape index (κ1) is 29.6. The minimum atomic E-state index is -4.50. The lowest BCUT2D eigenvalue weighted by Gasteiger charge is -2.40. The number of hydrogen-bond acceptors (Lipinski definition) is 3. The van der Waals surface area contributed by atoms with Gasteiger partial charge in [-0.05, 0) is 71.8 Å². The largest absolute Gasteiger partial charge is 0.416 e. The van der Waals surface area contributed by atoms with Crippen molar-refractivity contribution in [3.63, 3.8) is 0 Å². The average Bonchev–Trinajstić information content (AvgIpc) is 2.95. The number of rotatable bonds is 5. The fourth-order valence-electron chi connectivity index (χ4n) is 5.70. The molecule has 0 aromatic heterocycles. The van der Waals surface area contributed by atoms with Gasteiger partial charge in [0.2, 0.25) is 5.91 Å². The molecule has 0 bridgehead atoms. The van der Waals surface area contributed by atoms with Crippen LogP contribution in [0, 0.1) is 0 Å². The third-order valence-electron chi connectivity index (χ3n) is 7.89. The highest BCUT2D eigenvalue weighted by molar-refractivity contribution is 6.08. The van der Waals surface area contributed by atoms with Crippen molar-refractivity contribution in [1.29, 1.82) is 0 Å². The minimum Gasteiger partial charge on any atom is -0.342 e. The van der Waals surface area contributed by atoms with Crippen LogP contribution in [-0.2, 0) is 23.9 Å². The third kappa shape index (κ3) is 6.95. The summed E-state index contributed by atoms with van der Waals surface area (Å²) in [6, 6.07) is 17.3. The molecule has 3 aromatic rings. The van der Waals surface area contributed by atoms with Gasteiger partial charge in [-0.15, -0.1) is 0 Å². The number of anilines is 1. The highest BCUT2D eigenvalue weighted by atomic mass is 19.4. The maximum absolute atomic E-state index is 13.2. The molecule has 5 rings (SSSR count). The molecule has 2 aliphatic heterocycles. The molecule has 0 radical (unpaired) electrons. The Morgan fingerprint density at radius 2 is 1.52 bits per heavy atom. The number of amides is 2. The molecule has 2 aliphatic rings. The predicted octanol–water partition coefficient (Wildman–Crippen LogP) is 6.93. The van der Waals surface area contributed by atoms with E-state index in [0.717, 1.165) is 36.2 Å². The van der Waals surface area contributed by atoms with Crippen molar-refractivity contribution >= 4 is 17.5 Å². The van der Waals surface area contributed by atoms with E-state index >= 15 is 0 Å². The van der Waals surface area contributed by atoms with E-state index in [1.807, 2.05) is 12.1 Å². The second-order valence-corrected chi connectivity index (χ2v) is 10.7. The molecule has 0 aliphatic carbocycles. The van der Waals surface area contributed by atoms with E-state index in [4.69, 9.17) is 0 Å². The normalized spacial score (nSPS) is 16.7. The number of nitrogens with zero attached hydrogens (tertiary/aromatic N) is 2. The number of hydrogen-bond donors (Lipinski definition) is 1. The van der Waals surface area contributed by atoms with Gasteiger partial charge in [-0.3, -0.25) is 14.5 Å². The van der Waals surface area contributed by atoms with Gasteiger partial charge in [0.25, 0.3) is 5.91 Å². The Labute approximate surface area is 239 Å². The summed E-state index contributed by atoms with van der Waals surface area (Å²) in [5, 5.41) is 2.91. The van der Waals surface area contributed by atoms with Crippen molar-refractivity contribution in [3.05, 3.63) is 89.0 Å². The van der Waals surface area contributed by atoms with Gasteiger partial charge < -0.3 is 10.2 Å². The maximum atomic E-state index is 13.2. The van der Waals surface area contributed by atoms with Gasteiger partial charge in [-0.1, -0.05) is 36.4 Å². The molecule has 1 N–H and O–H groups in total. The van der Waals surface area contributed by atoms with Crippen LogP contribution in [0.15, 0.2) is 66.7 Å². The summed E-state index contributed by atoms with van der Waals surface area (Å²) >= 11 is 0. The summed E-state index contributed by atoms with van der Waals surface area (Å²) in [6.45, 7) is 2.04. The van der Waals surface area contributed by atoms with E-state index in [9.17, 15) is 35.9 Å². The average molecular weight is 590 g/mol. The van der Waals surface area contributed by atoms with E-state index < -0.39 is 30.2 Å². The van der Waals surface area contributed by atoms with Gasteiger partial charge in [0.15, 0.2) is 0 Å². The quantitative estimate of drug-likeness (QED) is 0.329. The molecule has 222 valence electrons. The van der Waals surface area contributed by atoms with Gasteiger partial charge in [0.1, 0.15) is 6.42 Å². The van der Waals surface area contributed by atoms with E-state index in [-0.39, 0.29) is 11.9 Å². The fourth-order valence-corrected chi connectivity index (χ4v) is 5.70. The smallest absolute Gasteiger partial charge is 0.342 e. The van der Waals surface area contributed by atoms with E-state index in [0.29, 0.717) is 54.9 Å². The summed E-state index contributed by atoms with van der Waals surface area (Å²) in [5.41, 5.74) is 3.37. The second-order valence-electron chi connectivity index (χ2n) is 10.7. The van der Waals surface area contributed by atoms with Gasteiger partial charge in [-0.2, -0.15) is 26.3 Å². The van der Waals surface area contributed by atoms with Crippen LogP contribution in [-0.4, -0.2) is 53.5 Å². The van der Waals surface area contributed by atoms with Crippen LogP contribution in [0.4, 0.5) is 32.0 Å². The number of fused-ring (bicyclic) bond motifs is 1. The summed E-state index contributed by atoms with van der Waals surface area (Å²) in [7, 11) is 0. The molecule has 11 heteroatoms. The molecule has 5 nitrogen and oxygen atoms in total. The molecule has 2 amide bonds.